The van der Waals surface area contributed by atoms with Crippen LogP contribution < -0.4 is 21.2 Å². The lowest BCUT2D eigenvalue weighted by Crippen LogP contribution is -2.61. The fourth-order valence-corrected chi connectivity index (χ4v) is 5.34. The highest BCUT2D eigenvalue weighted by Gasteiger charge is 2.45. The quantitative estimate of drug-likeness (QED) is 0.644. The number of piperidine rings is 2. The zero-order chi connectivity index (χ0) is 23.3. The lowest BCUT2D eigenvalue weighted by atomic mass is 9.99. The van der Waals surface area contributed by atoms with Crippen LogP contribution in [0.4, 0.5) is 14.5 Å². The molecule has 178 valence electrons. The number of fused-ring (bicyclic) bond motifs is 1. The van der Waals surface area contributed by atoms with E-state index in [-0.39, 0.29) is 31.0 Å². The second-order valence-electron chi connectivity index (χ2n) is 9.12. The number of hydrogen-bond acceptors (Lipinski definition) is 6. The number of imidazole rings is 1. The number of imide groups is 1. The number of rotatable bonds is 3. The summed E-state index contributed by atoms with van der Waals surface area (Å²) >= 11 is 0. The fraction of sp³-hybridized carbons (Fsp3) is 0.591. The van der Waals surface area contributed by atoms with Crippen molar-refractivity contribution >= 4 is 28.5 Å². The minimum absolute atomic E-state index is 0.192. The summed E-state index contributed by atoms with van der Waals surface area (Å²) in [4.78, 5) is 40.8. The van der Waals surface area contributed by atoms with E-state index in [1.165, 1.54) is 9.13 Å². The molecule has 0 saturated carbocycles. The third kappa shape index (κ3) is 3.82. The number of alkyl halides is 2. The summed E-state index contributed by atoms with van der Waals surface area (Å²) in [6, 6.07) is 4.18. The van der Waals surface area contributed by atoms with Crippen LogP contribution in [0.15, 0.2) is 23.0 Å². The smallest absolute Gasteiger partial charge is 0.329 e. The molecule has 11 heteroatoms. The number of halogens is 2. The Morgan fingerprint density at radius 2 is 1.79 bits per heavy atom. The zero-order valence-corrected chi connectivity index (χ0v) is 18.5. The van der Waals surface area contributed by atoms with Gasteiger partial charge < -0.3 is 10.2 Å². The van der Waals surface area contributed by atoms with Gasteiger partial charge in [0, 0.05) is 45.3 Å². The Morgan fingerprint density at radius 3 is 2.48 bits per heavy atom. The van der Waals surface area contributed by atoms with Gasteiger partial charge in [0.1, 0.15) is 6.04 Å². The molecule has 0 bridgehead atoms. The predicted octanol–water partition coefficient (Wildman–Crippen LogP) is 0.437. The van der Waals surface area contributed by atoms with Crippen molar-refractivity contribution in [3.8, 4) is 0 Å². The van der Waals surface area contributed by atoms with E-state index in [1.807, 2.05) is 23.1 Å². The highest BCUT2D eigenvalue weighted by atomic mass is 19.3. The summed E-state index contributed by atoms with van der Waals surface area (Å²) in [5.41, 5.74) is 1.92. The van der Waals surface area contributed by atoms with Crippen LogP contribution in [0.1, 0.15) is 25.3 Å². The molecule has 2 N–H and O–H groups in total. The SMILES string of the molecule is Cn1c(=O)n(C2CCC(=O)NC2=O)c2ccc(N3CCN([C@@H]4CCNCC4(F)F)CC3)cc21. The van der Waals surface area contributed by atoms with E-state index in [9.17, 15) is 23.2 Å². The van der Waals surface area contributed by atoms with Crippen molar-refractivity contribution in [3.05, 3.63) is 28.7 Å². The van der Waals surface area contributed by atoms with Crippen molar-refractivity contribution < 1.29 is 18.4 Å². The maximum absolute atomic E-state index is 14.3. The number of benzene rings is 1. The second kappa shape index (κ2) is 8.21. The van der Waals surface area contributed by atoms with Crippen LogP contribution >= 0.6 is 0 Å². The molecule has 2 atom stereocenters. The normalized spacial score (nSPS) is 26.6. The van der Waals surface area contributed by atoms with Crippen molar-refractivity contribution in [1.82, 2.24) is 24.7 Å². The molecule has 9 nitrogen and oxygen atoms in total. The standard InChI is InChI=1S/C22H28F2N6O3/c1-27-17-12-14(28-8-10-29(11-9-28)18-6-7-25-13-22(18,23)24)2-3-15(17)30(21(27)33)16-4-5-19(31)26-20(16)32/h2-3,12,16,18,25H,4-11,13H2,1H3,(H,26,31,32)/t16?,18-/m1/s1. The molecule has 2 aromatic rings. The van der Waals surface area contributed by atoms with Gasteiger partial charge in [0.05, 0.1) is 23.6 Å². The second-order valence-corrected chi connectivity index (χ2v) is 9.12. The van der Waals surface area contributed by atoms with Gasteiger partial charge in [-0.1, -0.05) is 0 Å². The van der Waals surface area contributed by atoms with Crippen LogP contribution in [0.3, 0.4) is 0 Å². The number of anilines is 1. The molecule has 3 aliphatic heterocycles. The third-order valence-electron chi connectivity index (χ3n) is 7.16. The molecular formula is C22H28F2N6O3. The van der Waals surface area contributed by atoms with Crippen LogP contribution in [0.25, 0.3) is 11.0 Å². The molecule has 4 heterocycles. The van der Waals surface area contributed by atoms with Crippen molar-refractivity contribution in [2.45, 2.75) is 37.3 Å². The van der Waals surface area contributed by atoms with Crippen LogP contribution in [0.2, 0.25) is 0 Å². The number of aromatic nitrogens is 2. The van der Waals surface area contributed by atoms with Crippen LogP contribution in [-0.4, -0.2) is 77.1 Å². The van der Waals surface area contributed by atoms with E-state index in [0.29, 0.717) is 50.2 Å². The summed E-state index contributed by atoms with van der Waals surface area (Å²) < 4.78 is 31.6. The highest BCUT2D eigenvalue weighted by molar-refractivity contribution is 6.00. The first kappa shape index (κ1) is 22.0. The lowest BCUT2D eigenvalue weighted by Gasteiger charge is -2.44. The number of piperazine rings is 1. The summed E-state index contributed by atoms with van der Waals surface area (Å²) in [7, 11) is 1.66. The van der Waals surface area contributed by atoms with E-state index in [0.717, 1.165) is 5.69 Å². The predicted molar refractivity (Wildman–Crippen MR) is 119 cm³/mol. The molecule has 0 radical (unpaired) electrons. The van der Waals surface area contributed by atoms with E-state index in [1.54, 1.807) is 7.05 Å². The van der Waals surface area contributed by atoms with Gasteiger partial charge in [-0.15, -0.1) is 0 Å². The maximum atomic E-state index is 14.3. The first-order chi connectivity index (χ1) is 15.8. The Kier molecular flexibility index (Phi) is 5.48. The lowest BCUT2D eigenvalue weighted by molar-refractivity contribution is -0.135. The first-order valence-electron chi connectivity index (χ1n) is 11.4. The number of carbonyl (C=O) groups is 2. The summed E-state index contributed by atoms with van der Waals surface area (Å²) in [5, 5.41) is 5.09. The summed E-state index contributed by atoms with van der Waals surface area (Å²) in [6.07, 6.45) is 0.918. The van der Waals surface area contributed by atoms with Gasteiger partial charge in [-0.2, -0.15) is 0 Å². The molecule has 1 aromatic carbocycles. The number of aryl methyl sites for hydroxylation is 1. The van der Waals surface area contributed by atoms with Gasteiger partial charge in [0.15, 0.2) is 0 Å². The Bertz CT molecular complexity index is 1150. The zero-order valence-electron chi connectivity index (χ0n) is 18.5. The van der Waals surface area contributed by atoms with Crippen LogP contribution in [0.5, 0.6) is 0 Å². The third-order valence-corrected chi connectivity index (χ3v) is 7.16. The minimum Gasteiger partial charge on any atom is -0.369 e. The van der Waals surface area contributed by atoms with Gasteiger partial charge in [-0.3, -0.25) is 28.9 Å². The maximum Gasteiger partial charge on any atom is 0.329 e. The number of carbonyl (C=O) groups excluding carboxylic acids is 2. The molecule has 3 fully saturated rings. The number of nitrogens with one attached hydrogen (secondary N) is 2. The van der Waals surface area contributed by atoms with Crippen molar-refractivity contribution in [1.29, 1.82) is 0 Å². The highest BCUT2D eigenvalue weighted by Crippen LogP contribution is 2.30. The molecule has 5 rings (SSSR count). The molecular weight excluding hydrogens is 434 g/mol. The van der Waals surface area contributed by atoms with Gasteiger partial charge in [0.2, 0.25) is 11.8 Å². The summed E-state index contributed by atoms with van der Waals surface area (Å²) in [6.45, 7) is 2.67. The van der Waals surface area contributed by atoms with E-state index >= 15 is 0 Å². The van der Waals surface area contributed by atoms with Gasteiger partial charge >= 0.3 is 5.69 Å². The number of hydrogen-bond donors (Lipinski definition) is 2. The average molecular weight is 463 g/mol. The topological polar surface area (TPSA) is 91.6 Å². The minimum atomic E-state index is -2.73. The van der Waals surface area contributed by atoms with Crippen LogP contribution in [0, 0.1) is 0 Å². The molecule has 2 amide bonds. The van der Waals surface area contributed by atoms with E-state index in [4.69, 9.17) is 0 Å². The Labute approximate surface area is 189 Å². The average Bonchev–Trinajstić information content (AvgIpc) is 3.04. The van der Waals surface area contributed by atoms with Crippen molar-refractivity contribution in [2.75, 3.05) is 44.2 Å². The Morgan fingerprint density at radius 1 is 1.03 bits per heavy atom. The molecule has 1 aromatic heterocycles. The number of amides is 2. The van der Waals surface area contributed by atoms with Crippen LogP contribution in [-0.2, 0) is 16.6 Å². The largest absolute Gasteiger partial charge is 0.369 e. The number of nitrogens with zero attached hydrogens (tertiary/aromatic N) is 4. The fourth-order valence-electron chi connectivity index (χ4n) is 5.34. The summed E-state index contributed by atoms with van der Waals surface area (Å²) in [5.74, 6) is -3.51. The van der Waals surface area contributed by atoms with Crippen molar-refractivity contribution in [3.63, 3.8) is 0 Å². The van der Waals surface area contributed by atoms with Gasteiger partial charge in [-0.05, 0) is 37.6 Å². The first-order valence-corrected chi connectivity index (χ1v) is 11.4. The monoisotopic (exact) mass is 462 g/mol. The molecule has 3 aliphatic rings. The molecule has 33 heavy (non-hydrogen) atoms. The van der Waals surface area contributed by atoms with Gasteiger partial charge in [0.25, 0.3) is 5.92 Å². The molecule has 3 saturated heterocycles. The Balaban J connectivity index is 1.37. The van der Waals surface area contributed by atoms with Gasteiger partial charge in [-0.25, -0.2) is 13.6 Å². The Hall–Kier alpha value is -2.79. The van der Waals surface area contributed by atoms with E-state index < -0.39 is 23.9 Å². The van der Waals surface area contributed by atoms with Crippen molar-refractivity contribution in [2.24, 2.45) is 7.05 Å². The van der Waals surface area contributed by atoms with E-state index in [2.05, 4.69) is 15.5 Å². The molecule has 0 spiro atoms. The molecule has 1 unspecified atom stereocenters. The molecule has 0 aliphatic carbocycles.